The van der Waals surface area contributed by atoms with Gasteiger partial charge >= 0.3 is 0 Å². The predicted octanol–water partition coefficient (Wildman–Crippen LogP) is 0.720. The Hall–Kier alpha value is -2.76. The van der Waals surface area contributed by atoms with E-state index in [9.17, 15) is 19.2 Å². The van der Waals surface area contributed by atoms with Crippen molar-refractivity contribution in [2.75, 3.05) is 0 Å². The van der Waals surface area contributed by atoms with Gasteiger partial charge < -0.3 is 9.55 Å². The summed E-state index contributed by atoms with van der Waals surface area (Å²) in [5, 5.41) is 0. The molecule has 1 aliphatic carbocycles. The number of H-pyrrole nitrogens is 1. The monoisotopic (exact) mass is 298 g/mol. The van der Waals surface area contributed by atoms with Crippen molar-refractivity contribution < 1.29 is 9.59 Å². The minimum absolute atomic E-state index is 0.0255. The molecular formula is C16H14N2O4. The third-order valence-corrected chi connectivity index (χ3v) is 4.04. The molecule has 0 aliphatic heterocycles. The van der Waals surface area contributed by atoms with Gasteiger partial charge in [-0.05, 0) is 24.5 Å². The topological polar surface area (TPSA) is 89.0 Å². The van der Waals surface area contributed by atoms with Crippen LogP contribution in [-0.2, 0) is 13.5 Å². The lowest BCUT2D eigenvalue weighted by atomic mass is 9.84. The molecule has 2 heterocycles. The first-order valence-electron chi connectivity index (χ1n) is 6.93. The highest BCUT2D eigenvalue weighted by Crippen LogP contribution is 2.28. The number of aromatic nitrogens is 2. The molecule has 6 heteroatoms. The number of hydrogen-bond donors (Lipinski definition) is 1. The van der Waals surface area contributed by atoms with Crippen molar-refractivity contribution in [1.29, 1.82) is 0 Å². The number of aromatic amines is 1. The lowest BCUT2D eigenvalue weighted by molar-refractivity contribution is 0.0966. The van der Waals surface area contributed by atoms with Crippen LogP contribution in [0.2, 0.25) is 0 Å². The largest absolute Gasteiger partial charge is 0.318 e. The maximum absolute atomic E-state index is 12.8. The summed E-state index contributed by atoms with van der Waals surface area (Å²) >= 11 is 0. The number of rotatable bonds is 1. The standard InChI is InChI=1S/C16H14N2O4/c1-4-8-6-9(19)17-13-12(8)15(21)11-7(2)5-10(20)18(3)14(11)16(13)22/h5-6H,4H2,1-3H3,(H,17,19). The first kappa shape index (κ1) is 14.2. The van der Waals surface area contributed by atoms with Gasteiger partial charge in [0.2, 0.25) is 11.3 Å². The summed E-state index contributed by atoms with van der Waals surface area (Å²) in [6, 6.07) is 2.68. The molecule has 1 aliphatic rings. The van der Waals surface area contributed by atoms with Crippen molar-refractivity contribution in [2.45, 2.75) is 20.3 Å². The second-order valence-electron chi connectivity index (χ2n) is 5.37. The van der Waals surface area contributed by atoms with Crippen LogP contribution in [0.3, 0.4) is 0 Å². The molecule has 0 atom stereocenters. The molecule has 0 unspecified atom stereocenters. The molecule has 0 aromatic carbocycles. The summed E-state index contributed by atoms with van der Waals surface area (Å²) in [5.41, 5.74) is 0.690. The molecule has 2 aromatic heterocycles. The average Bonchev–Trinajstić information content (AvgIpc) is 2.47. The summed E-state index contributed by atoms with van der Waals surface area (Å²) in [4.78, 5) is 51.6. The number of nitrogens with zero attached hydrogens (tertiary/aromatic N) is 1. The van der Waals surface area contributed by atoms with Gasteiger partial charge in [-0.3, -0.25) is 19.2 Å². The smallest absolute Gasteiger partial charge is 0.251 e. The Kier molecular flexibility index (Phi) is 2.98. The van der Waals surface area contributed by atoms with E-state index in [0.29, 0.717) is 17.5 Å². The van der Waals surface area contributed by atoms with Crippen LogP contribution in [0, 0.1) is 6.92 Å². The van der Waals surface area contributed by atoms with Crippen LogP contribution in [0.15, 0.2) is 21.7 Å². The fourth-order valence-electron chi connectivity index (χ4n) is 2.94. The average molecular weight is 298 g/mol. The van der Waals surface area contributed by atoms with Crippen molar-refractivity contribution in [2.24, 2.45) is 7.05 Å². The van der Waals surface area contributed by atoms with E-state index in [1.165, 1.54) is 19.2 Å². The van der Waals surface area contributed by atoms with Crippen molar-refractivity contribution >= 4 is 11.6 Å². The van der Waals surface area contributed by atoms with Crippen LogP contribution < -0.4 is 11.1 Å². The third kappa shape index (κ3) is 1.73. The highest BCUT2D eigenvalue weighted by Gasteiger charge is 2.35. The van der Waals surface area contributed by atoms with E-state index in [2.05, 4.69) is 4.98 Å². The molecule has 6 nitrogen and oxygen atoms in total. The number of carbonyl (C=O) groups is 2. The minimum Gasteiger partial charge on any atom is -0.318 e. The molecule has 0 saturated carbocycles. The Bertz CT molecular complexity index is 963. The maximum Gasteiger partial charge on any atom is 0.251 e. The summed E-state index contributed by atoms with van der Waals surface area (Å²) in [6.45, 7) is 3.45. The Morgan fingerprint density at radius 3 is 2.36 bits per heavy atom. The number of fused-ring (bicyclic) bond motifs is 2. The molecule has 1 N–H and O–H groups in total. The van der Waals surface area contributed by atoms with Crippen LogP contribution >= 0.6 is 0 Å². The molecule has 0 bridgehead atoms. The summed E-state index contributed by atoms with van der Waals surface area (Å²) in [6.07, 6.45) is 0.464. The van der Waals surface area contributed by atoms with Gasteiger partial charge in [-0.25, -0.2) is 0 Å². The van der Waals surface area contributed by atoms with Crippen LogP contribution in [0.5, 0.6) is 0 Å². The van der Waals surface area contributed by atoms with Gasteiger partial charge in [0, 0.05) is 19.2 Å². The quantitative estimate of drug-likeness (QED) is 0.717. The fraction of sp³-hybridized carbons (Fsp3) is 0.250. The van der Waals surface area contributed by atoms with Crippen LogP contribution in [0.4, 0.5) is 0 Å². The highest BCUT2D eigenvalue weighted by atomic mass is 16.2. The first-order chi connectivity index (χ1) is 10.4. The Balaban J connectivity index is 2.48. The van der Waals surface area contributed by atoms with Crippen LogP contribution in [0.25, 0.3) is 0 Å². The van der Waals surface area contributed by atoms with Gasteiger partial charge in [-0.2, -0.15) is 0 Å². The lowest BCUT2D eigenvalue weighted by Crippen LogP contribution is -2.34. The van der Waals surface area contributed by atoms with Crippen molar-refractivity contribution in [3.8, 4) is 0 Å². The summed E-state index contributed by atoms with van der Waals surface area (Å²) in [7, 11) is 1.44. The molecule has 0 spiro atoms. The van der Waals surface area contributed by atoms with E-state index in [0.717, 1.165) is 4.57 Å². The zero-order valence-corrected chi connectivity index (χ0v) is 12.4. The summed E-state index contributed by atoms with van der Waals surface area (Å²) < 4.78 is 1.16. The molecule has 3 rings (SSSR count). The number of nitrogens with one attached hydrogen (secondary N) is 1. The second kappa shape index (κ2) is 4.62. The predicted molar refractivity (Wildman–Crippen MR) is 79.7 cm³/mol. The number of ketones is 2. The Morgan fingerprint density at radius 2 is 1.73 bits per heavy atom. The number of aryl methyl sites for hydroxylation is 2. The van der Waals surface area contributed by atoms with Gasteiger partial charge in [-0.1, -0.05) is 6.92 Å². The van der Waals surface area contributed by atoms with Crippen molar-refractivity contribution in [1.82, 2.24) is 9.55 Å². The lowest BCUT2D eigenvalue weighted by Gasteiger charge is -2.22. The third-order valence-electron chi connectivity index (χ3n) is 4.04. The molecule has 0 fully saturated rings. The minimum atomic E-state index is -0.500. The first-order valence-corrected chi connectivity index (χ1v) is 6.93. The molecule has 0 radical (unpaired) electrons. The van der Waals surface area contributed by atoms with Crippen LogP contribution in [-0.4, -0.2) is 21.1 Å². The van der Waals surface area contributed by atoms with E-state index in [1.807, 2.05) is 6.92 Å². The second-order valence-corrected chi connectivity index (χ2v) is 5.37. The van der Waals surface area contributed by atoms with E-state index >= 15 is 0 Å². The van der Waals surface area contributed by atoms with E-state index < -0.39 is 11.3 Å². The molecule has 0 amide bonds. The molecule has 0 saturated heterocycles. The van der Waals surface area contributed by atoms with Gasteiger partial charge in [0.15, 0.2) is 5.78 Å². The van der Waals surface area contributed by atoms with E-state index in [-0.39, 0.29) is 33.9 Å². The number of hydrogen-bond acceptors (Lipinski definition) is 4. The van der Waals surface area contributed by atoms with Gasteiger partial charge in [-0.15, -0.1) is 0 Å². The van der Waals surface area contributed by atoms with Gasteiger partial charge in [0.1, 0.15) is 11.4 Å². The fourth-order valence-corrected chi connectivity index (χ4v) is 2.94. The molecular weight excluding hydrogens is 284 g/mol. The van der Waals surface area contributed by atoms with Crippen molar-refractivity contribution in [3.63, 3.8) is 0 Å². The SMILES string of the molecule is CCc1cc(=O)[nH]c2c1C(=O)c1c(C)cc(=O)n(C)c1C2=O. The number of pyridine rings is 2. The van der Waals surface area contributed by atoms with Crippen LogP contribution in [0.1, 0.15) is 50.2 Å². The Morgan fingerprint density at radius 1 is 1.05 bits per heavy atom. The zero-order chi connectivity index (χ0) is 16.2. The summed E-state index contributed by atoms with van der Waals surface area (Å²) in [5.74, 6) is -0.828. The van der Waals surface area contributed by atoms with Gasteiger partial charge in [0.05, 0.1) is 11.1 Å². The number of carbonyl (C=O) groups excluding carboxylic acids is 2. The molecule has 2 aromatic rings. The molecule has 22 heavy (non-hydrogen) atoms. The normalized spacial score (nSPS) is 13.0. The van der Waals surface area contributed by atoms with Crippen molar-refractivity contribution in [3.05, 3.63) is 66.5 Å². The van der Waals surface area contributed by atoms with E-state index in [1.54, 1.807) is 6.92 Å². The molecule has 112 valence electrons. The van der Waals surface area contributed by atoms with Gasteiger partial charge in [0.25, 0.3) is 5.56 Å². The Labute approximate surface area is 125 Å². The zero-order valence-electron chi connectivity index (χ0n) is 12.4. The maximum atomic E-state index is 12.8. The highest BCUT2D eigenvalue weighted by molar-refractivity contribution is 6.27. The van der Waals surface area contributed by atoms with E-state index in [4.69, 9.17) is 0 Å².